The summed E-state index contributed by atoms with van der Waals surface area (Å²) < 4.78 is 13.0. The normalized spacial score (nSPS) is 19.0. The average molecular weight is 322 g/mol. The highest BCUT2D eigenvalue weighted by molar-refractivity contribution is 5.70. The van der Waals surface area contributed by atoms with E-state index in [1.807, 2.05) is 31.2 Å². The van der Waals surface area contributed by atoms with Crippen molar-refractivity contribution in [3.8, 4) is 11.3 Å². The lowest BCUT2D eigenvalue weighted by atomic mass is 9.83. The third kappa shape index (κ3) is 2.53. The van der Waals surface area contributed by atoms with E-state index in [0.29, 0.717) is 0 Å². The van der Waals surface area contributed by atoms with Crippen LogP contribution >= 0.6 is 0 Å². The molecular formula is C20H19FN2O. The van der Waals surface area contributed by atoms with Gasteiger partial charge in [-0.1, -0.05) is 43.3 Å². The van der Waals surface area contributed by atoms with E-state index in [9.17, 15) is 9.50 Å². The number of hydrogen-bond donors (Lipinski definition) is 2. The molecule has 0 fully saturated rings. The van der Waals surface area contributed by atoms with E-state index in [1.54, 1.807) is 12.1 Å². The minimum absolute atomic E-state index is 0.0121. The maximum Gasteiger partial charge on any atom is 0.123 e. The van der Waals surface area contributed by atoms with E-state index >= 15 is 0 Å². The standard InChI is InChI=1S/C20H19FN2O/c1-12-18-19(15-4-2-3-5-16(15)20(12)24)23-17(22-18)11-8-13-6-9-14(21)10-7-13/h2-7,9-10,12,20,24H,8,11H2,1H3,(H,22,23). The number of aromatic nitrogens is 2. The molecule has 0 aliphatic heterocycles. The van der Waals surface area contributed by atoms with E-state index in [4.69, 9.17) is 4.98 Å². The maximum absolute atomic E-state index is 13.0. The van der Waals surface area contributed by atoms with Crippen LogP contribution < -0.4 is 0 Å². The first-order valence-corrected chi connectivity index (χ1v) is 8.24. The minimum Gasteiger partial charge on any atom is -0.388 e. The van der Waals surface area contributed by atoms with Gasteiger partial charge < -0.3 is 10.1 Å². The molecule has 1 aliphatic rings. The molecule has 0 bridgehead atoms. The number of fused-ring (bicyclic) bond motifs is 3. The van der Waals surface area contributed by atoms with Crippen molar-refractivity contribution in [2.75, 3.05) is 0 Å². The number of aliphatic hydroxyl groups excluding tert-OH is 1. The highest BCUT2D eigenvalue weighted by atomic mass is 19.1. The van der Waals surface area contributed by atoms with Gasteiger partial charge in [-0.05, 0) is 29.7 Å². The molecule has 1 aliphatic carbocycles. The van der Waals surface area contributed by atoms with Crippen LogP contribution in [0.5, 0.6) is 0 Å². The van der Waals surface area contributed by atoms with Gasteiger partial charge in [-0.2, -0.15) is 0 Å². The highest BCUT2D eigenvalue weighted by Gasteiger charge is 2.32. The fourth-order valence-corrected chi connectivity index (χ4v) is 3.40. The van der Waals surface area contributed by atoms with Crippen molar-refractivity contribution < 1.29 is 9.50 Å². The largest absolute Gasteiger partial charge is 0.388 e. The molecule has 1 heterocycles. The van der Waals surface area contributed by atoms with E-state index in [2.05, 4.69) is 4.98 Å². The van der Waals surface area contributed by atoms with Gasteiger partial charge in [-0.25, -0.2) is 9.37 Å². The fourth-order valence-electron chi connectivity index (χ4n) is 3.40. The Morgan fingerprint density at radius 3 is 2.62 bits per heavy atom. The summed E-state index contributed by atoms with van der Waals surface area (Å²) >= 11 is 0. The summed E-state index contributed by atoms with van der Waals surface area (Å²) in [7, 11) is 0. The van der Waals surface area contributed by atoms with Gasteiger partial charge in [0.2, 0.25) is 0 Å². The van der Waals surface area contributed by atoms with Crippen LogP contribution in [-0.2, 0) is 12.8 Å². The lowest BCUT2D eigenvalue weighted by molar-refractivity contribution is 0.148. The number of aryl methyl sites for hydroxylation is 2. The Hall–Kier alpha value is -2.46. The van der Waals surface area contributed by atoms with Gasteiger partial charge in [0.1, 0.15) is 11.6 Å². The number of H-pyrrole nitrogens is 1. The average Bonchev–Trinajstić information content (AvgIpc) is 3.04. The van der Waals surface area contributed by atoms with Gasteiger partial charge >= 0.3 is 0 Å². The highest BCUT2D eigenvalue weighted by Crippen LogP contribution is 2.44. The Labute approximate surface area is 140 Å². The number of aliphatic hydroxyl groups is 1. The van der Waals surface area contributed by atoms with Crippen LogP contribution in [0.25, 0.3) is 11.3 Å². The van der Waals surface area contributed by atoms with Crippen LogP contribution in [0.4, 0.5) is 4.39 Å². The summed E-state index contributed by atoms with van der Waals surface area (Å²) in [6.45, 7) is 2.02. The molecule has 3 aromatic rings. The SMILES string of the molecule is CC1c2[nH]c(CCc3ccc(F)cc3)nc2-c2ccccc2C1O. The van der Waals surface area contributed by atoms with Crippen LogP contribution in [-0.4, -0.2) is 15.1 Å². The van der Waals surface area contributed by atoms with Crippen LogP contribution in [0, 0.1) is 5.82 Å². The zero-order valence-corrected chi connectivity index (χ0v) is 13.5. The molecule has 1 aromatic heterocycles. The molecule has 2 N–H and O–H groups in total. The lowest BCUT2D eigenvalue weighted by Gasteiger charge is -2.26. The Balaban J connectivity index is 1.63. The van der Waals surface area contributed by atoms with Gasteiger partial charge in [0.05, 0.1) is 11.8 Å². The van der Waals surface area contributed by atoms with Crippen LogP contribution in [0.3, 0.4) is 0 Å². The third-order valence-corrected chi connectivity index (χ3v) is 4.81. The Bertz CT molecular complexity index is 870. The molecule has 24 heavy (non-hydrogen) atoms. The number of benzene rings is 2. The number of rotatable bonds is 3. The fraction of sp³-hybridized carbons (Fsp3) is 0.250. The van der Waals surface area contributed by atoms with Crippen molar-refractivity contribution in [1.29, 1.82) is 0 Å². The molecule has 3 nitrogen and oxygen atoms in total. The second-order valence-electron chi connectivity index (χ2n) is 6.39. The Morgan fingerprint density at radius 1 is 1.08 bits per heavy atom. The van der Waals surface area contributed by atoms with Crippen molar-refractivity contribution in [1.82, 2.24) is 9.97 Å². The van der Waals surface area contributed by atoms with E-state index < -0.39 is 6.10 Å². The molecular weight excluding hydrogens is 303 g/mol. The second-order valence-corrected chi connectivity index (χ2v) is 6.39. The summed E-state index contributed by atoms with van der Waals surface area (Å²) in [6, 6.07) is 14.5. The number of hydrogen-bond acceptors (Lipinski definition) is 2. The van der Waals surface area contributed by atoms with Crippen molar-refractivity contribution in [3.05, 3.63) is 77.0 Å². The van der Waals surface area contributed by atoms with Crippen molar-refractivity contribution in [2.45, 2.75) is 31.8 Å². The first kappa shape index (κ1) is 15.1. The summed E-state index contributed by atoms with van der Waals surface area (Å²) in [6.07, 6.45) is 1.04. The molecule has 2 aromatic carbocycles. The molecule has 0 spiro atoms. The molecule has 2 atom stereocenters. The number of imidazole rings is 1. The summed E-state index contributed by atoms with van der Waals surface area (Å²) in [5, 5.41) is 10.5. The van der Waals surface area contributed by atoms with E-state index in [1.165, 1.54) is 12.1 Å². The minimum atomic E-state index is -0.515. The number of nitrogens with zero attached hydrogens (tertiary/aromatic N) is 1. The zero-order chi connectivity index (χ0) is 16.7. The predicted molar refractivity (Wildman–Crippen MR) is 91.2 cm³/mol. The van der Waals surface area contributed by atoms with Crippen molar-refractivity contribution in [2.24, 2.45) is 0 Å². The summed E-state index contributed by atoms with van der Waals surface area (Å²) in [5.41, 5.74) is 4.96. The summed E-state index contributed by atoms with van der Waals surface area (Å²) in [5.74, 6) is 0.675. The first-order chi connectivity index (χ1) is 11.6. The quantitative estimate of drug-likeness (QED) is 0.761. The molecule has 4 rings (SSSR count). The first-order valence-electron chi connectivity index (χ1n) is 8.24. The van der Waals surface area contributed by atoms with Gasteiger partial charge in [0.15, 0.2) is 0 Å². The maximum atomic E-state index is 13.0. The Morgan fingerprint density at radius 2 is 1.83 bits per heavy atom. The topological polar surface area (TPSA) is 48.9 Å². The van der Waals surface area contributed by atoms with E-state index in [-0.39, 0.29) is 11.7 Å². The number of aromatic amines is 1. The van der Waals surface area contributed by atoms with Crippen LogP contribution in [0.1, 0.15) is 41.6 Å². The third-order valence-electron chi connectivity index (χ3n) is 4.81. The van der Waals surface area contributed by atoms with Crippen molar-refractivity contribution in [3.63, 3.8) is 0 Å². The predicted octanol–water partition coefficient (Wildman–Crippen LogP) is 4.15. The van der Waals surface area contributed by atoms with Crippen LogP contribution in [0.2, 0.25) is 0 Å². The van der Waals surface area contributed by atoms with Gasteiger partial charge in [0.25, 0.3) is 0 Å². The molecule has 0 saturated carbocycles. The van der Waals surface area contributed by atoms with Crippen LogP contribution in [0.15, 0.2) is 48.5 Å². The zero-order valence-electron chi connectivity index (χ0n) is 13.5. The number of nitrogens with one attached hydrogen (secondary N) is 1. The summed E-state index contributed by atoms with van der Waals surface area (Å²) in [4.78, 5) is 8.16. The smallest absolute Gasteiger partial charge is 0.123 e. The Kier molecular flexibility index (Phi) is 3.69. The lowest BCUT2D eigenvalue weighted by Crippen LogP contribution is -2.15. The molecule has 0 saturated heterocycles. The van der Waals surface area contributed by atoms with Gasteiger partial charge in [-0.15, -0.1) is 0 Å². The molecule has 4 heteroatoms. The molecule has 122 valence electrons. The monoisotopic (exact) mass is 322 g/mol. The van der Waals surface area contributed by atoms with Gasteiger partial charge in [0, 0.05) is 23.6 Å². The second kappa shape index (κ2) is 5.87. The number of halogens is 1. The molecule has 2 unspecified atom stereocenters. The van der Waals surface area contributed by atoms with Crippen molar-refractivity contribution >= 4 is 0 Å². The molecule has 0 radical (unpaired) electrons. The van der Waals surface area contributed by atoms with E-state index in [0.717, 1.165) is 46.7 Å². The molecule has 0 amide bonds. The van der Waals surface area contributed by atoms with Gasteiger partial charge in [-0.3, -0.25) is 0 Å².